The highest BCUT2D eigenvalue weighted by Crippen LogP contribution is 2.13. The van der Waals surface area contributed by atoms with Crippen LogP contribution < -0.4 is 5.32 Å². The highest BCUT2D eigenvalue weighted by molar-refractivity contribution is 7.09. The maximum atomic E-state index is 12.4. The van der Waals surface area contributed by atoms with Crippen LogP contribution in [0.25, 0.3) is 0 Å². The molecule has 1 aliphatic heterocycles. The van der Waals surface area contributed by atoms with Crippen molar-refractivity contribution in [1.29, 1.82) is 0 Å². The van der Waals surface area contributed by atoms with Gasteiger partial charge in [0.15, 0.2) is 0 Å². The van der Waals surface area contributed by atoms with Crippen LogP contribution in [0.3, 0.4) is 0 Å². The molecule has 1 aromatic carbocycles. The van der Waals surface area contributed by atoms with E-state index in [0.29, 0.717) is 6.54 Å². The average molecular weight is 373 g/mol. The third-order valence-corrected chi connectivity index (χ3v) is 5.45. The molecule has 1 aromatic heterocycles. The number of urea groups is 1. The quantitative estimate of drug-likeness (QED) is 0.847. The van der Waals surface area contributed by atoms with Crippen LogP contribution >= 0.6 is 11.3 Å². The molecule has 1 fully saturated rings. The van der Waals surface area contributed by atoms with Crippen LogP contribution in [0.1, 0.15) is 16.0 Å². The Bertz CT molecular complexity index is 676. The number of piperazine rings is 1. The molecule has 26 heavy (non-hydrogen) atoms. The first-order valence-electron chi connectivity index (χ1n) is 9.10. The minimum atomic E-state index is 0.0399. The van der Waals surface area contributed by atoms with Crippen molar-refractivity contribution in [3.8, 4) is 0 Å². The molecule has 0 unspecified atom stereocenters. The third-order valence-electron chi connectivity index (χ3n) is 4.58. The second-order valence-electron chi connectivity index (χ2n) is 7.06. The predicted molar refractivity (Wildman–Crippen MR) is 107 cm³/mol. The molecule has 0 radical (unpaired) electrons. The van der Waals surface area contributed by atoms with E-state index in [1.54, 1.807) is 11.3 Å². The van der Waals surface area contributed by atoms with E-state index in [2.05, 4.69) is 71.0 Å². The second-order valence-corrected chi connectivity index (χ2v) is 8.09. The molecular weight excluding hydrogens is 344 g/mol. The molecule has 0 aliphatic carbocycles. The molecule has 3 rings (SSSR count). The van der Waals surface area contributed by atoms with E-state index in [1.165, 1.54) is 10.4 Å². The van der Waals surface area contributed by atoms with Gasteiger partial charge in [-0.25, -0.2) is 4.79 Å². The van der Waals surface area contributed by atoms with Crippen LogP contribution in [0.15, 0.2) is 41.8 Å². The minimum Gasteiger partial charge on any atom is -0.334 e. The predicted octanol–water partition coefficient (Wildman–Crippen LogP) is 2.84. The van der Waals surface area contributed by atoms with Crippen molar-refractivity contribution in [1.82, 2.24) is 20.0 Å². The van der Waals surface area contributed by atoms with E-state index in [9.17, 15) is 4.79 Å². The number of nitrogens with zero attached hydrogens (tertiary/aromatic N) is 3. The lowest BCUT2D eigenvalue weighted by molar-refractivity contribution is 0.135. The maximum absolute atomic E-state index is 12.4. The fourth-order valence-electron chi connectivity index (χ4n) is 3.15. The molecule has 0 atom stereocenters. The number of hydrogen-bond donors (Lipinski definition) is 1. The van der Waals surface area contributed by atoms with Gasteiger partial charge in [-0.2, -0.15) is 0 Å². The number of amides is 2. The van der Waals surface area contributed by atoms with Gasteiger partial charge in [-0.15, -0.1) is 11.3 Å². The summed E-state index contributed by atoms with van der Waals surface area (Å²) in [4.78, 5) is 20.3. The second kappa shape index (κ2) is 9.16. The molecule has 2 aromatic rings. The van der Waals surface area contributed by atoms with Crippen molar-refractivity contribution in [3.63, 3.8) is 0 Å². The molecule has 6 heteroatoms. The van der Waals surface area contributed by atoms with Gasteiger partial charge < -0.3 is 15.1 Å². The van der Waals surface area contributed by atoms with Crippen LogP contribution in [-0.2, 0) is 19.6 Å². The van der Waals surface area contributed by atoms with Crippen molar-refractivity contribution in [3.05, 3.63) is 57.8 Å². The fourth-order valence-corrected chi connectivity index (χ4v) is 3.90. The molecule has 5 nitrogen and oxygen atoms in total. The van der Waals surface area contributed by atoms with E-state index in [-0.39, 0.29) is 6.03 Å². The highest BCUT2D eigenvalue weighted by Gasteiger charge is 2.21. The normalized spacial score (nSPS) is 15.4. The average Bonchev–Trinajstić information content (AvgIpc) is 3.14. The summed E-state index contributed by atoms with van der Waals surface area (Å²) in [6, 6.07) is 12.8. The Morgan fingerprint density at radius 3 is 2.38 bits per heavy atom. The molecule has 2 heterocycles. The maximum Gasteiger partial charge on any atom is 0.317 e. The summed E-state index contributed by atoms with van der Waals surface area (Å²) < 4.78 is 0. The van der Waals surface area contributed by atoms with E-state index in [0.717, 1.165) is 44.8 Å². The minimum absolute atomic E-state index is 0.0399. The summed E-state index contributed by atoms with van der Waals surface area (Å²) in [5.41, 5.74) is 2.42. The zero-order chi connectivity index (χ0) is 18.4. The van der Waals surface area contributed by atoms with E-state index >= 15 is 0 Å². The van der Waals surface area contributed by atoms with Crippen molar-refractivity contribution < 1.29 is 4.79 Å². The Balaban J connectivity index is 1.40. The van der Waals surface area contributed by atoms with Gasteiger partial charge in [0.2, 0.25) is 0 Å². The van der Waals surface area contributed by atoms with Crippen molar-refractivity contribution in [2.75, 3.05) is 40.3 Å². The lowest BCUT2D eigenvalue weighted by Crippen LogP contribution is -2.51. The van der Waals surface area contributed by atoms with Crippen LogP contribution in [0.2, 0.25) is 0 Å². The zero-order valence-corrected chi connectivity index (χ0v) is 16.5. The summed E-state index contributed by atoms with van der Waals surface area (Å²) in [6.07, 6.45) is 0. The van der Waals surface area contributed by atoms with Crippen molar-refractivity contribution in [2.24, 2.45) is 0 Å². The first-order valence-corrected chi connectivity index (χ1v) is 9.98. The summed E-state index contributed by atoms with van der Waals surface area (Å²) in [7, 11) is 4.13. The number of benzene rings is 1. The van der Waals surface area contributed by atoms with Gasteiger partial charge >= 0.3 is 6.03 Å². The Morgan fingerprint density at radius 2 is 1.77 bits per heavy atom. The molecular formula is C20H28N4OS. The van der Waals surface area contributed by atoms with Gasteiger partial charge in [-0.1, -0.05) is 30.3 Å². The molecule has 2 amide bonds. The topological polar surface area (TPSA) is 38.8 Å². The standard InChI is InChI=1S/C20H28N4OS/c1-22(2)15-18-7-5-17(6-8-18)14-21-20(25)24-11-9-23(10-12-24)16-19-4-3-13-26-19/h3-8,13H,9-12,14-16H2,1-2H3,(H,21,25). The molecule has 1 saturated heterocycles. The van der Waals surface area contributed by atoms with Gasteiger partial charge in [0, 0.05) is 50.7 Å². The first-order chi connectivity index (χ1) is 12.6. The number of carbonyl (C=O) groups excluding carboxylic acids is 1. The third kappa shape index (κ3) is 5.56. The monoisotopic (exact) mass is 372 g/mol. The highest BCUT2D eigenvalue weighted by atomic mass is 32.1. The SMILES string of the molecule is CN(C)Cc1ccc(CNC(=O)N2CCN(Cc3cccs3)CC2)cc1. The van der Waals surface area contributed by atoms with Gasteiger partial charge in [-0.05, 0) is 36.7 Å². The molecule has 140 valence electrons. The number of thiophene rings is 1. The van der Waals surface area contributed by atoms with E-state index < -0.39 is 0 Å². The number of carbonyl (C=O) groups is 1. The lowest BCUT2D eigenvalue weighted by Gasteiger charge is -2.34. The van der Waals surface area contributed by atoms with Gasteiger partial charge in [0.25, 0.3) is 0 Å². The van der Waals surface area contributed by atoms with Gasteiger partial charge in [0.1, 0.15) is 0 Å². The van der Waals surface area contributed by atoms with Gasteiger partial charge in [-0.3, -0.25) is 4.90 Å². The van der Waals surface area contributed by atoms with Crippen LogP contribution in [0, 0.1) is 0 Å². The fraction of sp³-hybridized carbons (Fsp3) is 0.450. The van der Waals surface area contributed by atoms with Crippen LogP contribution in [0.5, 0.6) is 0 Å². The van der Waals surface area contributed by atoms with E-state index in [4.69, 9.17) is 0 Å². The zero-order valence-electron chi connectivity index (χ0n) is 15.6. The lowest BCUT2D eigenvalue weighted by atomic mass is 10.1. The number of hydrogen-bond acceptors (Lipinski definition) is 4. The summed E-state index contributed by atoms with van der Waals surface area (Å²) in [5.74, 6) is 0. The van der Waals surface area contributed by atoms with E-state index in [1.807, 2.05) is 4.90 Å². The number of nitrogens with one attached hydrogen (secondary N) is 1. The Hall–Kier alpha value is -1.89. The van der Waals surface area contributed by atoms with Gasteiger partial charge in [0.05, 0.1) is 0 Å². The van der Waals surface area contributed by atoms with Crippen LogP contribution in [0.4, 0.5) is 4.79 Å². The molecule has 0 bridgehead atoms. The first kappa shape index (κ1) is 18.9. The molecule has 0 saturated carbocycles. The number of rotatable bonds is 6. The molecule has 1 aliphatic rings. The van der Waals surface area contributed by atoms with Crippen molar-refractivity contribution >= 4 is 17.4 Å². The molecule has 1 N–H and O–H groups in total. The Morgan fingerprint density at radius 1 is 1.08 bits per heavy atom. The Labute approximate surface area is 160 Å². The largest absolute Gasteiger partial charge is 0.334 e. The summed E-state index contributed by atoms with van der Waals surface area (Å²) >= 11 is 1.80. The van der Waals surface area contributed by atoms with Crippen molar-refractivity contribution in [2.45, 2.75) is 19.6 Å². The molecule has 0 spiro atoms. The summed E-state index contributed by atoms with van der Waals surface area (Å²) in [6.45, 7) is 5.96. The smallest absolute Gasteiger partial charge is 0.317 e. The Kier molecular flexibility index (Phi) is 6.66. The summed E-state index contributed by atoms with van der Waals surface area (Å²) in [5, 5.41) is 5.17. The van der Waals surface area contributed by atoms with Crippen LogP contribution in [-0.4, -0.2) is 61.0 Å².